The molecule has 32 heavy (non-hydrogen) atoms. The SMILES string of the molecule is CC(Cc1ccc(Cl)c(Cl)c1)C(=O)NC1N=C(N2CCCC2)c2ccccc2N(C)C1=O. The van der Waals surface area contributed by atoms with Crippen LogP contribution < -0.4 is 10.2 Å². The van der Waals surface area contributed by atoms with Gasteiger partial charge in [0, 0.05) is 31.6 Å². The third-order valence-electron chi connectivity index (χ3n) is 5.98. The normalized spacial score (nSPS) is 19.3. The number of likely N-dealkylation sites (N-methyl/N-ethyl adjacent to an activating group) is 1. The van der Waals surface area contributed by atoms with Crippen molar-refractivity contribution in [2.75, 3.05) is 25.0 Å². The number of likely N-dealkylation sites (tertiary alicyclic amines) is 1. The lowest BCUT2D eigenvalue weighted by Crippen LogP contribution is -2.48. The summed E-state index contributed by atoms with van der Waals surface area (Å²) in [6, 6.07) is 13.1. The first-order chi connectivity index (χ1) is 15.3. The van der Waals surface area contributed by atoms with Crippen molar-refractivity contribution in [3.8, 4) is 0 Å². The second-order valence-corrected chi connectivity index (χ2v) is 9.14. The minimum atomic E-state index is -0.980. The molecule has 0 spiro atoms. The van der Waals surface area contributed by atoms with Gasteiger partial charge < -0.3 is 15.1 Å². The fraction of sp³-hybridized carbons (Fsp3) is 0.375. The van der Waals surface area contributed by atoms with Crippen molar-refractivity contribution in [3.63, 3.8) is 0 Å². The third kappa shape index (κ3) is 4.62. The Kier molecular flexibility index (Phi) is 6.72. The fourth-order valence-electron chi connectivity index (χ4n) is 4.17. The molecule has 2 aliphatic rings. The average molecular weight is 473 g/mol. The van der Waals surface area contributed by atoms with Crippen LogP contribution in [0.3, 0.4) is 0 Å². The highest BCUT2D eigenvalue weighted by Gasteiger charge is 2.33. The van der Waals surface area contributed by atoms with Gasteiger partial charge in [-0.2, -0.15) is 0 Å². The lowest BCUT2D eigenvalue weighted by atomic mass is 10.0. The lowest BCUT2D eigenvalue weighted by molar-refractivity contribution is -0.129. The average Bonchev–Trinajstić information content (AvgIpc) is 3.29. The van der Waals surface area contributed by atoms with E-state index < -0.39 is 6.17 Å². The quantitative estimate of drug-likeness (QED) is 0.727. The van der Waals surface area contributed by atoms with Crippen LogP contribution in [-0.4, -0.2) is 48.9 Å². The number of anilines is 1. The van der Waals surface area contributed by atoms with E-state index in [0.717, 1.165) is 48.6 Å². The van der Waals surface area contributed by atoms with Gasteiger partial charge in [0.15, 0.2) is 0 Å². The molecule has 2 heterocycles. The van der Waals surface area contributed by atoms with E-state index in [2.05, 4.69) is 10.2 Å². The molecule has 0 aromatic heterocycles. The first-order valence-electron chi connectivity index (χ1n) is 10.8. The van der Waals surface area contributed by atoms with Gasteiger partial charge >= 0.3 is 0 Å². The van der Waals surface area contributed by atoms with Gasteiger partial charge in [0.25, 0.3) is 5.91 Å². The number of carbonyl (C=O) groups is 2. The molecule has 0 radical (unpaired) electrons. The maximum Gasteiger partial charge on any atom is 0.272 e. The van der Waals surface area contributed by atoms with E-state index in [1.54, 1.807) is 24.1 Å². The van der Waals surface area contributed by atoms with Crippen molar-refractivity contribution in [3.05, 3.63) is 63.6 Å². The van der Waals surface area contributed by atoms with Crippen LogP contribution in [0.4, 0.5) is 5.69 Å². The molecule has 168 valence electrons. The summed E-state index contributed by atoms with van der Waals surface area (Å²) in [5, 5.41) is 3.80. The van der Waals surface area contributed by atoms with Crippen molar-refractivity contribution >= 4 is 46.5 Å². The van der Waals surface area contributed by atoms with Gasteiger partial charge in [-0.15, -0.1) is 0 Å². The van der Waals surface area contributed by atoms with E-state index in [1.165, 1.54) is 0 Å². The topological polar surface area (TPSA) is 65.0 Å². The molecule has 1 fully saturated rings. The molecule has 0 aliphatic carbocycles. The second-order valence-electron chi connectivity index (χ2n) is 8.33. The largest absolute Gasteiger partial charge is 0.356 e. The molecule has 4 rings (SSSR count). The standard InChI is InChI=1S/C24H26Cl2N4O2/c1-15(13-16-9-10-18(25)19(26)14-16)23(31)28-21-24(32)29(2)20-8-4-3-7-17(20)22(27-21)30-11-5-6-12-30/h3-4,7-10,14-15,21H,5-6,11-13H2,1-2H3,(H,28,31). The first kappa shape index (κ1) is 22.6. The fourth-order valence-corrected chi connectivity index (χ4v) is 4.49. The molecule has 8 heteroatoms. The van der Waals surface area contributed by atoms with Gasteiger partial charge in [-0.1, -0.05) is 48.3 Å². The van der Waals surface area contributed by atoms with Crippen molar-refractivity contribution in [2.45, 2.75) is 32.4 Å². The smallest absolute Gasteiger partial charge is 0.272 e. The van der Waals surface area contributed by atoms with Crippen LogP contribution in [0.15, 0.2) is 47.5 Å². The molecule has 2 aromatic rings. The van der Waals surface area contributed by atoms with E-state index in [4.69, 9.17) is 28.2 Å². The van der Waals surface area contributed by atoms with Crippen molar-refractivity contribution in [2.24, 2.45) is 10.9 Å². The van der Waals surface area contributed by atoms with E-state index in [-0.39, 0.29) is 17.7 Å². The summed E-state index contributed by atoms with van der Waals surface area (Å²) >= 11 is 12.1. The number of hydrogen-bond donors (Lipinski definition) is 1. The summed E-state index contributed by atoms with van der Waals surface area (Å²) < 4.78 is 0. The molecule has 6 nitrogen and oxygen atoms in total. The van der Waals surface area contributed by atoms with Gasteiger partial charge in [-0.3, -0.25) is 9.59 Å². The number of nitrogens with one attached hydrogen (secondary N) is 1. The number of carbonyl (C=O) groups excluding carboxylic acids is 2. The number of fused-ring (bicyclic) bond motifs is 1. The number of nitrogens with zero attached hydrogens (tertiary/aromatic N) is 3. The van der Waals surface area contributed by atoms with Crippen LogP contribution in [0.5, 0.6) is 0 Å². The van der Waals surface area contributed by atoms with Gasteiger partial charge in [-0.05, 0) is 49.1 Å². The number of amidine groups is 1. The van der Waals surface area contributed by atoms with Gasteiger partial charge in [0.1, 0.15) is 5.84 Å². The van der Waals surface area contributed by atoms with E-state index in [0.29, 0.717) is 16.5 Å². The van der Waals surface area contributed by atoms with Crippen LogP contribution in [0.2, 0.25) is 10.0 Å². The molecule has 1 saturated heterocycles. The van der Waals surface area contributed by atoms with Crippen LogP contribution in [0.25, 0.3) is 0 Å². The Balaban J connectivity index is 1.57. The highest BCUT2D eigenvalue weighted by molar-refractivity contribution is 6.42. The van der Waals surface area contributed by atoms with Gasteiger partial charge in [0.05, 0.1) is 15.7 Å². The minimum Gasteiger partial charge on any atom is -0.356 e. The number of benzene rings is 2. The number of rotatable bonds is 4. The molecule has 0 bridgehead atoms. The summed E-state index contributed by atoms with van der Waals surface area (Å²) in [5.74, 6) is -0.111. The molecule has 2 unspecified atom stereocenters. The Labute approximate surface area is 198 Å². The summed E-state index contributed by atoms with van der Waals surface area (Å²) in [4.78, 5) is 34.8. The zero-order valence-electron chi connectivity index (χ0n) is 18.1. The monoisotopic (exact) mass is 472 g/mol. The molecular weight excluding hydrogens is 447 g/mol. The molecule has 2 atom stereocenters. The lowest BCUT2D eigenvalue weighted by Gasteiger charge is -2.22. The number of para-hydroxylation sites is 1. The minimum absolute atomic E-state index is 0.238. The summed E-state index contributed by atoms with van der Waals surface area (Å²) in [5.41, 5.74) is 2.61. The second kappa shape index (κ2) is 9.51. The Morgan fingerprint density at radius 3 is 2.59 bits per heavy atom. The Bertz CT molecular complexity index is 1070. The predicted molar refractivity (Wildman–Crippen MR) is 128 cm³/mol. The van der Waals surface area contributed by atoms with E-state index in [9.17, 15) is 9.59 Å². The number of amides is 2. The van der Waals surface area contributed by atoms with E-state index >= 15 is 0 Å². The van der Waals surface area contributed by atoms with E-state index in [1.807, 2.05) is 37.3 Å². The Morgan fingerprint density at radius 1 is 1.16 bits per heavy atom. The highest BCUT2D eigenvalue weighted by Crippen LogP contribution is 2.28. The summed E-state index contributed by atoms with van der Waals surface area (Å²) in [6.07, 6.45) is 1.67. The van der Waals surface area contributed by atoms with Crippen molar-refractivity contribution in [1.82, 2.24) is 10.2 Å². The maximum atomic E-state index is 13.2. The molecule has 2 aromatic carbocycles. The molecule has 2 amide bonds. The third-order valence-corrected chi connectivity index (χ3v) is 6.72. The van der Waals surface area contributed by atoms with Crippen LogP contribution >= 0.6 is 23.2 Å². The zero-order chi connectivity index (χ0) is 22.8. The molecular formula is C24H26Cl2N4O2. The van der Waals surface area contributed by atoms with Crippen molar-refractivity contribution < 1.29 is 9.59 Å². The van der Waals surface area contributed by atoms with Gasteiger partial charge in [0.2, 0.25) is 12.1 Å². The maximum absolute atomic E-state index is 13.2. The number of hydrogen-bond acceptors (Lipinski definition) is 4. The highest BCUT2D eigenvalue weighted by atomic mass is 35.5. The summed E-state index contributed by atoms with van der Waals surface area (Å²) in [7, 11) is 1.72. The van der Waals surface area contributed by atoms with Crippen LogP contribution in [0, 0.1) is 5.92 Å². The Morgan fingerprint density at radius 2 is 1.88 bits per heavy atom. The van der Waals surface area contributed by atoms with Gasteiger partial charge in [-0.25, -0.2) is 4.99 Å². The first-order valence-corrected chi connectivity index (χ1v) is 11.5. The molecule has 0 saturated carbocycles. The summed E-state index contributed by atoms with van der Waals surface area (Å²) in [6.45, 7) is 3.60. The number of benzodiazepines with no additional fused rings is 1. The Hall–Kier alpha value is -2.57. The van der Waals surface area contributed by atoms with Crippen LogP contribution in [-0.2, 0) is 16.0 Å². The number of aliphatic imine (C=N–C) groups is 1. The van der Waals surface area contributed by atoms with Crippen molar-refractivity contribution in [1.29, 1.82) is 0 Å². The predicted octanol–water partition coefficient (Wildman–Crippen LogP) is 4.13. The molecule has 2 aliphatic heterocycles. The molecule has 1 N–H and O–H groups in total. The zero-order valence-corrected chi connectivity index (χ0v) is 19.7. The van der Waals surface area contributed by atoms with Crippen LogP contribution in [0.1, 0.15) is 30.9 Å². The number of halogens is 2.